The maximum Gasteiger partial charge on any atom is 0.224 e. The van der Waals surface area contributed by atoms with Crippen molar-refractivity contribution in [3.63, 3.8) is 0 Å². The number of nitrogens with zero attached hydrogens (tertiary/aromatic N) is 3. The molecule has 1 aromatic carbocycles. The Labute approximate surface area is 209 Å². The van der Waals surface area contributed by atoms with Crippen LogP contribution in [0.4, 0.5) is 0 Å². The van der Waals surface area contributed by atoms with Crippen LogP contribution in [0.2, 0.25) is 0 Å². The van der Waals surface area contributed by atoms with Crippen molar-refractivity contribution in [2.24, 2.45) is 0 Å². The average molecular weight is 486 g/mol. The minimum Gasteiger partial charge on any atom is -0.493 e. The fourth-order valence-electron chi connectivity index (χ4n) is 4.06. The van der Waals surface area contributed by atoms with Gasteiger partial charge in [-0.1, -0.05) is 0 Å². The van der Waals surface area contributed by atoms with Gasteiger partial charge in [0.15, 0.2) is 17.3 Å². The minimum atomic E-state index is -0.0733. The van der Waals surface area contributed by atoms with E-state index in [1.807, 2.05) is 25.3 Å². The second-order valence-electron chi connectivity index (χ2n) is 8.55. The number of benzene rings is 1. The van der Waals surface area contributed by atoms with E-state index < -0.39 is 0 Å². The number of methoxy groups -OCH3 is 2. The lowest BCUT2D eigenvalue weighted by molar-refractivity contribution is 0.0987. The summed E-state index contributed by atoms with van der Waals surface area (Å²) in [6.45, 7) is 2.33. The van der Waals surface area contributed by atoms with Crippen LogP contribution in [0.5, 0.6) is 28.9 Å². The van der Waals surface area contributed by atoms with Crippen LogP contribution in [0.15, 0.2) is 55.0 Å². The maximum absolute atomic E-state index is 13.1. The SMILES string of the molecule is CCOc1ncc(C2CC2)cc1C(=O)Cc1ccc(Oc2ccnc3cc(OC)c(OC)cc23)cn1. The molecule has 184 valence electrons. The Balaban J connectivity index is 1.34. The number of carbonyl (C=O) groups is 1. The number of fused-ring (bicyclic) bond motifs is 1. The van der Waals surface area contributed by atoms with Gasteiger partial charge < -0.3 is 18.9 Å². The maximum atomic E-state index is 13.1. The highest BCUT2D eigenvalue weighted by molar-refractivity contribution is 5.99. The summed E-state index contributed by atoms with van der Waals surface area (Å²) in [5.41, 5.74) is 2.96. The van der Waals surface area contributed by atoms with Crippen LogP contribution in [0.25, 0.3) is 10.9 Å². The van der Waals surface area contributed by atoms with Crippen molar-refractivity contribution in [2.75, 3.05) is 20.8 Å². The molecule has 3 aromatic heterocycles. The van der Waals surface area contributed by atoms with Crippen LogP contribution in [0.3, 0.4) is 0 Å². The summed E-state index contributed by atoms with van der Waals surface area (Å²) in [5, 5.41) is 0.779. The van der Waals surface area contributed by atoms with Crippen molar-refractivity contribution >= 4 is 16.7 Å². The first kappa shape index (κ1) is 23.5. The van der Waals surface area contributed by atoms with E-state index in [1.54, 1.807) is 50.9 Å². The van der Waals surface area contributed by atoms with Gasteiger partial charge >= 0.3 is 0 Å². The van der Waals surface area contributed by atoms with E-state index in [-0.39, 0.29) is 12.2 Å². The molecule has 3 heterocycles. The van der Waals surface area contributed by atoms with E-state index >= 15 is 0 Å². The number of pyridine rings is 3. The smallest absolute Gasteiger partial charge is 0.224 e. The molecule has 0 saturated heterocycles. The van der Waals surface area contributed by atoms with Crippen molar-refractivity contribution in [1.29, 1.82) is 0 Å². The Hall–Kier alpha value is -4.20. The number of Topliss-reactive ketones (excluding diaryl/α,β-unsaturated/α-hetero) is 1. The zero-order valence-corrected chi connectivity index (χ0v) is 20.5. The summed E-state index contributed by atoms with van der Waals surface area (Å²) in [4.78, 5) is 26.4. The zero-order chi connectivity index (χ0) is 25.1. The van der Waals surface area contributed by atoms with E-state index in [1.165, 1.54) is 0 Å². The van der Waals surface area contributed by atoms with Gasteiger partial charge in [-0.2, -0.15) is 0 Å². The van der Waals surface area contributed by atoms with Gasteiger partial charge in [0.25, 0.3) is 0 Å². The number of hydrogen-bond donors (Lipinski definition) is 0. The quantitative estimate of drug-likeness (QED) is 0.271. The number of rotatable bonds is 10. The summed E-state index contributed by atoms with van der Waals surface area (Å²) >= 11 is 0. The van der Waals surface area contributed by atoms with E-state index in [4.69, 9.17) is 18.9 Å². The number of carbonyl (C=O) groups excluding carboxylic acids is 1. The highest BCUT2D eigenvalue weighted by atomic mass is 16.5. The summed E-state index contributed by atoms with van der Waals surface area (Å²) in [6, 6.07) is 10.9. The standard InChI is InChI=1S/C28H27N3O5/c1-4-35-28-22(11-18(15-31-28)17-5-6-17)24(32)12-19-7-8-20(16-30-19)36-25-9-10-29-23-14-27(34-3)26(33-2)13-21(23)25/h7-11,13-17H,4-6,12H2,1-3H3. The normalized spacial score (nSPS) is 12.9. The Morgan fingerprint density at radius 3 is 2.44 bits per heavy atom. The molecule has 1 saturated carbocycles. The fourth-order valence-corrected chi connectivity index (χ4v) is 4.06. The number of ketones is 1. The second kappa shape index (κ2) is 10.2. The fraction of sp³-hybridized carbons (Fsp3) is 0.286. The predicted molar refractivity (Wildman–Crippen MR) is 135 cm³/mol. The van der Waals surface area contributed by atoms with Gasteiger partial charge in [-0.3, -0.25) is 14.8 Å². The van der Waals surface area contributed by atoms with Crippen LogP contribution >= 0.6 is 0 Å². The van der Waals surface area contributed by atoms with E-state index in [2.05, 4.69) is 15.0 Å². The van der Waals surface area contributed by atoms with Gasteiger partial charge in [-0.25, -0.2) is 4.98 Å². The predicted octanol–water partition coefficient (Wildman–Crippen LogP) is 5.54. The third-order valence-corrected chi connectivity index (χ3v) is 6.08. The molecule has 0 radical (unpaired) electrons. The molecule has 0 unspecified atom stereocenters. The largest absolute Gasteiger partial charge is 0.493 e. The highest BCUT2D eigenvalue weighted by Gasteiger charge is 2.26. The first-order valence-electron chi connectivity index (χ1n) is 11.9. The summed E-state index contributed by atoms with van der Waals surface area (Å²) in [5.74, 6) is 3.13. The Morgan fingerprint density at radius 2 is 1.75 bits per heavy atom. The van der Waals surface area contributed by atoms with Crippen molar-refractivity contribution in [3.8, 4) is 28.9 Å². The summed E-state index contributed by atoms with van der Waals surface area (Å²) in [7, 11) is 3.17. The lowest BCUT2D eigenvalue weighted by atomic mass is 10.0. The Bertz CT molecular complexity index is 1400. The molecule has 0 aliphatic heterocycles. The van der Waals surface area contributed by atoms with Gasteiger partial charge in [-0.15, -0.1) is 0 Å². The molecule has 0 spiro atoms. The molecule has 0 atom stereocenters. The van der Waals surface area contributed by atoms with Crippen molar-refractivity contribution in [1.82, 2.24) is 15.0 Å². The lowest BCUT2D eigenvalue weighted by Crippen LogP contribution is -2.10. The number of ether oxygens (including phenoxy) is 4. The lowest BCUT2D eigenvalue weighted by Gasteiger charge is -2.12. The first-order chi connectivity index (χ1) is 17.6. The molecular weight excluding hydrogens is 458 g/mol. The molecule has 0 N–H and O–H groups in total. The number of hydrogen-bond acceptors (Lipinski definition) is 8. The van der Waals surface area contributed by atoms with Crippen LogP contribution in [0.1, 0.15) is 47.3 Å². The first-order valence-corrected chi connectivity index (χ1v) is 11.9. The molecule has 1 fully saturated rings. The highest BCUT2D eigenvalue weighted by Crippen LogP contribution is 2.41. The van der Waals surface area contributed by atoms with E-state index in [9.17, 15) is 4.79 Å². The van der Waals surface area contributed by atoms with Gasteiger partial charge in [-0.05, 0) is 61.6 Å². The van der Waals surface area contributed by atoms with Gasteiger partial charge in [0.05, 0.1) is 44.5 Å². The van der Waals surface area contributed by atoms with Crippen LogP contribution in [-0.2, 0) is 6.42 Å². The molecule has 5 rings (SSSR count). The molecule has 0 bridgehead atoms. The van der Waals surface area contributed by atoms with E-state index in [0.717, 1.165) is 23.8 Å². The topological polar surface area (TPSA) is 92.7 Å². The molecule has 1 aliphatic carbocycles. The second-order valence-corrected chi connectivity index (χ2v) is 8.55. The minimum absolute atomic E-state index is 0.0733. The zero-order valence-electron chi connectivity index (χ0n) is 20.5. The molecule has 1 aliphatic rings. The number of aromatic nitrogens is 3. The van der Waals surface area contributed by atoms with E-state index in [0.29, 0.717) is 58.2 Å². The monoisotopic (exact) mass is 485 g/mol. The Morgan fingerprint density at radius 1 is 0.944 bits per heavy atom. The average Bonchev–Trinajstić information content (AvgIpc) is 3.75. The Kier molecular flexibility index (Phi) is 6.66. The third-order valence-electron chi connectivity index (χ3n) is 6.08. The summed E-state index contributed by atoms with van der Waals surface area (Å²) in [6.07, 6.45) is 7.52. The van der Waals surface area contributed by atoms with Gasteiger partial charge in [0.2, 0.25) is 5.88 Å². The molecule has 4 aromatic rings. The molecule has 36 heavy (non-hydrogen) atoms. The summed E-state index contributed by atoms with van der Waals surface area (Å²) < 4.78 is 22.5. The van der Waals surface area contributed by atoms with Crippen LogP contribution in [-0.4, -0.2) is 41.6 Å². The molecule has 8 nitrogen and oxygen atoms in total. The van der Waals surface area contributed by atoms with Gasteiger partial charge in [0.1, 0.15) is 11.5 Å². The third kappa shape index (κ3) is 4.93. The van der Waals surface area contributed by atoms with Crippen molar-refractivity contribution < 1.29 is 23.7 Å². The van der Waals surface area contributed by atoms with Crippen molar-refractivity contribution in [2.45, 2.75) is 32.1 Å². The van der Waals surface area contributed by atoms with Crippen LogP contribution in [0, 0.1) is 0 Å². The molecular formula is C28H27N3O5. The van der Waals surface area contributed by atoms with Crippen molar-refractivity contribution in [3.05, 3.63) is 71.8 Å². The van der Waals surface area contributed by atoms with Gasteiger partial charge in [0, 0.05) is 29.5 Å². The molecule has 0 amide bonds. The molecule has 8 heteroatoms. The van der Waals surface area contributed by atoms with Crippen LogP contribution < -0.4 is 18.9 Å².